The fourth-order valence-corrected chi connectivity index (χ4v) is 4.59. The number of ether oxygens (including phenoxy) is 1. The average Bonchev–Trinajstić information content (AvgIpc) is 2.69. The van der Waals surface area contributed by atoms with Gasteiger partial charge in [-0.3, -0.25) is 0 Å². The summed E-state index contributed by atoms with van der Waals surface area (Å²) in [4.78, 5) is 2.52. The van der Waals surface area contributed by atoms with Crippen LogP contribution >= 0.6 is 38.9 Å². The van der Waals surface area contributed by atoms with Gasteiger partial charge in [0.1, 0.15) is 10.4 Å². The average molecular weight is 337 g/mol. The molecule has 2 fully saturated rings. The van der Waals surface area contributed by atoms with Gasteiger partial charge in [0.15, 0.2) is 5.06 Å². The van der Waals surface area contributed by atoms with Gasteiger partial charge in [0.25, 0.3) is 0 Å². The number of rotatable bonds is 2. The lowest BCUT2D eigenvalue weighted by atomic mass is 10.0. The summed E-state index contributed by atoms with van der Waals surface area (Å²) in [6.07, 6.45) is 5.33. The highest BCUT2D eigenvalue weighted by Crippen LogP contribution is 2.40. The first kappa shape index (κ1) is 12.3. The Balaban J connectivity index is 1.67. The third-order valence-electron chi connectivity index (χ3n) is 3.96. The SMILES string of the molecule is CN1[C@@H]2CC[C@H]1C[C@@H](Oc1cc(Br)c(Cl)s1)C2. The van der Waals surface area contributed by atoms with Crippen molar-refractivity contribution in [2.45, 2.75) is 43.9 Å². The highest BCUT2D eigenvalue weighted by atomic mass is 79.9. The predicted molar refractivity (Wildman–Crippen MR) is 75.3 cm³/mol. The summed E-state index contributed by atoms with van der Waals surface area (Å²) in [6.45, 7) is 0. The summed E-state index contributed by atoms with van der Waals surface area (Å²) in [5.41, 5.74) is 0. The van der Waals surface area contributed by atoms with E-state index in [0.717, 1.165) is 38.8 Å². The van der Waals surface area contributed by atoms with Crippen LogP contribution in [0.3, 0.4) is 0 Å². The maximum atomic E-state index is 6.06. The minimum atomic E-state index is 0.366. The third kappa shape index (κ3) is 2.37. The highest BCUT2D eigenvalue weighted by Gasteiger charge is 2.39. The van der Waals surface area contributed by atoms with Crippen molar-refractivity contribution >= 4 is 38.9 Å². The van der Waals surface area contributed by atoms with E-state index in [2.05, 4.69) is 27.9 Å². The summed E-state index contributed by atoms with van der Waals surface area (Å²) >= 11 is 11.0. The van der Waals surface area contributed by atoms with Crippen LogP contribution in [-0.2, 0) is 0 Å². The molecule has 2 saturated heterocycles. The summed E-state index contributed by atoms with van der Waals surface area (Å²) < 4.78 is 7.78. The van der Waals surface area contributed by atoms with Gasteiger partial charge in [-0.15, -0.1) is 0 Å². The van der Waals surface area contributed by atoms with E-state index in [1.807, 2.05) is 6.07 Å². The molecule has 5 heteroatoms. The van der Waals surface area contributed by atoms with E-state index in [-0.39, 0.29) is 0 Å². The molecule has 0 radical (unpaired) electrons. The van der Waals surface area contributed by atoms with Gasteiger partial charge in [-0.05, 0) is 48.7 Å². The van der Waals surface area contributed by atoms with Crippen LogP contribution in [0.25, 0.3) is 0 Å². The Morgan fingerprint density at radius 1 is 1.41 bits per heavy atom. The Kier molecular flexibility index (Phi) is 3.41. The first-order chi connectivity index (χ1) is 8.13. The van der Waals surface area contributed by atoms with Crippen molar-refractivity contribution in [2.24, 2.45) is 0 Å². The normalized spacial score (nSPS) is 33.0. The monoisotopic (exact) mass is 335 g/mol. The quantitative estimate of drug-likeness (QED) is 0.804. The molecule has 0 aromatic carbocycles. The summed E-state index contributed by atoms with van der Waals surface area (Å²) in [5, 5.41) is 0.941. The topological polar surface area (TPSA) is 12.5 Å². The number of hydrogen-bond acceptors (Lipinski definition) is 3. The number of thiophene rings is 1. The molecule has 3 heterocycles. The summed E-state index contributed by atoms with van der Waals surface area (Å²) in [7, 11) is 2.25. The molecule has 0 amide bonds. The molecule has 94 valence electrons. The fraction of sp³-hybridized carbons (Fsp3) is 0.667. The standard InChI is InChI=1S/C12H15BrClNOS/c1-15-7-2-3-8(15)5-9(4-7)16-11-6-10(13)12(14)17-11/h6-9H,2-5H2,1H3/t7-,8+,9+. The number of hydrogen-bond donors (Lipinski definition) is 0. The molecule has 0 spiro atoms. The molecule has 2 nitrogen and oxygen atoms in total. The Labute approximate surface area is 119 Å². The molecule has 3 rings (SSSR count). The van der Waals surface area contributed by atoms with Crippen molar-refractivity contribution in [3.8, 4) is 5.06 Å². The Morgan fingerprint density at radius 3 is 2.59 bits per heavy atom. The molecular formula is C12H15BrClNOS. The van der Waals surface area contributed by atoms with Crippen LogP contribution in [0.1, 0.15) is 25.7 Å². The predicted octanol–water partition coefficient (Wildman–Crippen LogP) is 4.17. The molecular weight excluding hydrogens is 322 g/mol. The van der Waals surface area contributed by atoms with E-state index in [0.29, 0.717) is 6.10 Å². The van der Waals surface area contributed by atoms with E-state index >= 15 is 0 Å². The van der Waals surface area contributed by atoms with Crippen molar-refractivity contribution in [2.75, 3.05) is 7.05 Å². The van der Waals surface area contributed by atoms with Crippen molar-refractivity contribution in [3.05, 3.63) is 14.9 Å². The van der Waals surface area contributed by atoms with Gasteiger partial charge in [-0.25, -0.2) is 0 Å². The Morgan fingerprint density at radius 2 is 2.06 bits per heavy atom. The van der Waals surface area contributed by atoms with Crippen LogP contribution in [0.15, 0.2) is 10.5 Å². The van der Waals surface area contributed by atoms with E-state index in [9.17, 15) is 0 Å². The molecule has 0 unspecified atom stereocenters. The van der Waals surface area contributed by atoms with Crippen LogP contribution in [0.4, 0.5) is 0 Å². The van der Waals surface area contributed by atoms with Crippen molar-refractivity contribution in [1.82, 2.24) is 4.90 Å². The fourth-order valence-electron chi connectivity index (χ4n) is 3.01. The van der Waals surface area contributed by atoms with Crippen LogP contribution in [0.5, 0.6) is 5.06 Å². The van der Waals surface area contributed by atoms with Gasteiger partial charge in [0.05, 0.1) is 4.47 Å². The lowest BCUT2D eigenvalue weighted by Gasteiger charge is -2.35. The smallest absolute Gasteiger partial charge is 0.176 e. The van der Waals surface area contributed by atoms with Crippen LogP contribution in [0, 0.1) is 0 Å². The van der Waals surface area contributed by atoms with Crippen LogP contribution in [-0.4, -0.2) is 30.1 Å². The molecule has 0 saturated carbocycles. The molecule has 2 bridgehead atoms. The molecule has 17 heavy (non-hydrogen) atoms. The molecule has 2 aliphatic heterocycles. The van der Waals surface area contributed by atoms with Gasteiger partial charge in [-0.2, -0.15) is 0 Å². The second-order valence-electron chi connectivity index (χ2n) is 4.95. The zero-order valence-electron chi connectivity index (χ0n) is 9.66. The minimum absolute atomic E-state index is 0.366. The number of fused-ring (bicyclic) bond motifs is 2. The van der Waals surface area contributed by atoms with Crippen LogP contribution in [0.2, 0.25) is 4.34 Å². The maximum Gasteiger partial charge on any atom is 0.176 e. The Hall–Kier alpha value is 0.230. The molecule has 2 aliphatic rings. The van der Waals surface area contributed by atoms with Gasteiger partial charge >= 0.3 is 0 Å². The summed E-state index contributed by atoms with van der Waals surface area (Å²) in [6, 6.07) is 3.42. The van der Waals surface area contributed by atoms with Gasteiger partial charge in [-0.1, -0.05) is 22.9 Å². The maximum absolute atomic E-state index is 6.06. The molecule has 0 aliphatic carbocycles. The third-order valence-corrected chi connectivity index (χ3v) is 6.33. The molecule has 0 N–H and O–H groups in total. The first-order valence-electron chi connectivity index (χ1n) is 5.97. The lowest BCUT2D eigenvalue weighted by Crippen LogP contribution is -2.43. The second kappa shape index (κ2) is 4.72. The number of halogens is 2. The van der Waals surface area contributed by atoms with E-state index < -0.39 is 0 Å². The van der Waals surface area contributed by atoms with Crippen molar-refractivity contribution in [3.63, 3.8) is 0 Å². The number of nitrogens with zero attached hydrogens (tertiary/aromatic N) is 1. The van der Waals surface area contributed by atoms with E-state index in [1.165, 1.54) is 24.2 Å². The lowest BCUT2D eigenvalue weighted by molar-refractivity contribution is 0.0685. The van der Waals surface area contributed by atoms with Crippen molar-refractivity contribution in [1.29, 1.82) is 0 Å². The minimum Gasteiger partial charge on any atom is -0.481 e. The molecule has 3 atom stereocenters. The number of piperidine rings is 1. The van der Waals surface area contributed by atoms with E-state index in [4.69, 9.17) is 16.3 Å². The molecule has 1 aromatic heterocycles. The first-order valence-corrected chi connectivity index (χ1v) is 7.95. The largest absolute Gasteiger partial charge is 0.481 e. The van der Waals surface area contributed by atoms with E-state index in [1.54, 1.807) is 0 Å². The van der Waals surface area contributed by atoms with Crippen molar-refractivity contribution < 1.29 is 4.74 Å². The molecule has 1 aromatic rings. The second-order valence-corrected chi connectivity index (χ2v) is 7.42. The highest BCUT2D eigenvalue weighted by molar-refractivity contribution is 9.10. The summed E-state index contributed by atoms with van der Waals surface area (Å²) in [5.74, 6) is 0. The Bertz CT molecular complexity index is 391. The zero-order chi connectivity index (χ0) is 12.0. The van der Waals surface area contributed by atoms with Crippen LogP contribution < -0.4 is 4.74 Å². The van der Waals surface area contributed by atoms with Gasteiger partial charge in [0, 0.05) is 18.2 Å². The van der Waals surface area contributed by atoms with Gasteiger partial charge in [0.2, 0.25) is 0 Å². The van der Waals surface area contributed by atoms with Gasteiger partial charge < -0.3 is 9.64 Å². The zero-order valence-corrected chi connectivity index (χ0v) is 12.8.